The Morgan fingerprint density at radius 2 is 1.48 bits per heavy atom. The van der Waals surface area contributed by atoms with E-state index < -0.39 is 23.4 Å². The minimum atomic E-state index is -4.41. The fourth-order valence-electron chi connectivity index (χ4n) is 2.73. The van der Waals surface area contributed by atoms with E-state index >= 15 is 0 Å². The van der Waals surface area contributed by atoms with Crippen LogP contribution in [0.25, 0.3) is 33.7 Å². The van der Waals surface area contributed by atoms with Crippen molar-refractivity contribution in [2.24, 2.45) is 0 Å². The van der Waals surface area contributed by atoms with Gasteiger partial charge < -0.3 is 4.42 Å². The van der Waals surface area contributed by atoms with Gasteiger partial charge >= 0.3 is 6.18 Å². The van der Waals surface area contributed by atoms with Gasteiger partial charge in [0.1, 0.15) is 17.2 Å². The molecule has 7 heteroatoms. The summed E-state index contributed by atoms with van der Waals surface area (Å²) >= 11 is 0. The maximum atomic E-state index is 13.9. The summed E-state index contributed by atoms with van der Waals surface area (Å²) in [5, 5.41) is 0. The van der Waals surface area contributed by atoms with Crippen molar-refractivity contribution in [2.45, 2.75) is 6.18 Å². The lowest BCUT2D eigenvalue weighted by molar-refractivity contribution is -0.137. The average molecular weight is 375 g/mol. The number of hydrogen-bond acceptors (Lipinski definition) is 2. The number of halogens is 5. The molecule has 136 valence electrons. The third kappa shape index (κ3) is 3.28. The largest absolute Gasteiger partial charge is 0.436 e. The molecule has 1 aromatic heterocycles. The van der Waals surface area contributed by atoms with Crippen LogP contribution in [0.2, 0.25) is 0 Å². The molecule has 0 bridgehead atoms. The topological polar surface area (TPSA) is 26.0 Å². The van der Waals surface area contributed by atoms with Gasteiger partial charge in [0.25, 0.3) is 0 Å². The lowest BCUT2D eigenvalue weighted by Gasteiger charge is -2.07. The molecule has 0 atom stereocenters. The van der Waals surface area contributed by atoms with Gasteiger partial charge in [-0.15, -0.1) is 0 Å². The van der Waals surface area contributed by atoms with Gasteiger partial charge in [0.05, 0.1) is 11.1 Å². The first-order chi connectivity index (χ1) is 12.8. The van der Waals surface area contributed by atoms with Gasteiger partial charge in [-0.25, -0.2) is 13.8 Å². The highest BCUT2D eigenvalue weighted by molar-refractivity contribution is 5.82. The van der Waals surface area contributed by atoms with Gasteiger partial charge in [0.2, 0.25) is 5.89 Å². The monoisotopic (exact) mass is 375 g/mol. The van der Waals surface area contributed by atoms with Crippen LogP contribution in [0.4, 0.5) is 22.0 Å². The molecule has 0 fully saturated rings. The first-order valence-corrected chi connectivity index (χ1v) is 7.85. The fourth-order valence-corrected chi connectivity index (χ4v) is 2.73. The SMILES string of the molecule is Fc1ccc(F)c(-c2nc3ccc(-c4ccc(C(F)(F)F)cc4)cc3o2)c1. The van der Waals surface area contributed by atoms with E-state index in [9.17, 15) is 22.0 Å². The second-order valence-corrected chi connectivity index (χ2v) is 5.90. The Morgan fingerprint density at radius 1 is 0.778 bits per heavy atom. The lowest BCUT2D eigenvalue weighted by atomic mass is 10.0. The fraction of sp³-hybridized carbons (Fsp3) is 0.0500. The Balaban J connectivity index is 1.74. The third-order valence-electron chi connectivity index (χ3n) is 4.09. The molecule has 0 amide bonds. The molecule has 0 aliphatic heterocycles. The van der Waals surface area contributed by atoms with E-state index in [1.807, 2.05) is 0 Å². The molecular formula is C20H10F5NO. The highest BCUT2D eigenvalue weighted by Crippen LogP contribution is 2.33. The Kier molecular flexibility index (Phi) is 3.95. The molecule has 0 spiro atoms. The second-order valence-electron chi connectivity index (χ2n) is 5.90. The molecule has 0 unspecified atom stereocenters. The average Bonchev–Trinajstić information content (AvgIpc) is 3.06. The van der Waals surface area contributed by atoms with Crippen LogP contribution in [0.1, 0.15) is 5.56 Å². The van der Waals surface area contributed by atoms with Crippen molar-refractivity contribution in [1.29, 1.82) is 0 Å². The Bertz CT molecular complexity index is 1130. The molecule has 0 aliphatic rings. The van der Waals surface area contributed by atoms with Gasteiger partial charge in [-0.05, 0) is 53.6 Å². The summed E-state index contributed by atoms with van der Waals surface area (Å²) in [6.07, 6.45) is -4.41. The first-order valence-electron chi connectivity index (χ1n) is 7.85. The van der Waals surface area contributed by atoms with E-state index in [2.05, 4.69) is 4.98 Å². The van der Waals surface area contributed by atoms with Crippen molar-refractivity contribution in [3.05, 3.63) is 77.9 Å². The smallest absolute Gasteiger partial charge is 0.416 e. The van der Waals surface area contributed by atoms with Crippen LogP contribution in [0.3, 0.4) is 0 Å². The molecule has 1 heterocycles. The van der Waals surface area contributed by atoms with E-state index in [0.717, 1.165) is 30.3 Å². The Hall–Kier alpha value is -3.22. The maximum Gasteiger partial charge on any atom is 0.416 e. The number of aromatic nitrogens is 1. The van der Waals surface area contributed by atoms with Gasteiger partial charge in [0, 0.05) is 0 Å². The number of hydrogen-bond donors (Lipinski definition) is 0. The predicted molar refractivity (Wildman–Crippen MR) is 89.8 cm³/mol. The van der Waals surface area contributed by atoms with Gasteiger partial charge in [-0.2, -0.15) is 13.2 Å². The van der Waals surface area contributed by atoms with Gasteiger partial charge in [0.15, 0.2) is 5.58 Å². The van der Waals surface area contributed by atoms with Crippen molar-refractivity contribution >= 4 is 11.1 Å². The standard InChI is InChI=1S/C20H10F5NO/c21-14-6-7-16(22)15(10-14)19-26-17-8-3-12(9-18(17)27-19)11-1-4-13(5-2-11)20(23,24)25/h1-10H. The molecule has 2 nitrogen and oxygen atoms in total. The third-order valence-corrected chi connectivity index (χ3v) is 4.09. The molecular weight excluding hydrogens is 365 g/mol. The molecule has 0 saturated carbocycles. The minimum Gasteiger partial charge on any atom is -0.436 e. The van der Waals surface area contributed by atoms with E-state index in [1.165, 1.54) is 12.1 Å². The molecule has 0 aliphatic carbocycles. The van der Waals surface area contributed by atoms with Crippen molar-refractivity contribution in [3.8, 4) is 22.6 Å². The quantitative estimate of drug-likeness (QED) is 0.376. The number of benzene rings is 3. The Morgan fingerprint density at radius 3 is 2.19 bits per heavy atom. The van der Waals surface area contributed by atoms with Crippen LogP contribution in [-0.4, -0.2) is 4.98 Å². The van der Waals surface area contributed by atoms with Crippen molar-refractivity contribution in [1.82, 2.24) is 4.98 Å². The zero-order valence-electron chi connectivity index (χ0n) is 13.5. The highest BCUT2D eigenvalue weighted by Gasteiger charge is 2.30. The van der Waals surface area contributed by atoms with Crippen LogP contribution in [0, 0.1) is 11.6 Å². The van der Waals surface area contributed by atoms with Crippen molar-refractivity contribution in [2.75, 3.05) is 0 Å². The van der Waals surface area contributed by atoms with Gasteiger partial charge in [-0.3, -0.25) is 0 Å². The van der Waals surface area contributed by atoms with Crippen LogP contribution in [0.5, 0.6) is 0 Å². The zero-order valence-corrected chi connectivity index (χ0v) is 13.5. The minimum absolute atomic E-state index is 0.0773. The summed E-state index contributed by atoms with van der Waals surface area (Å²) in [6.45, 7) is 0. The first kappa shape index (κ1) is 17.2. The van der Waals surface area contributed by atoms with E-state index in [0.29, 0.717) is 22.2 Å². The maximum absolute atomic E-state index is 13.9. The van der Waals surface area contributed by atoms with Crippen LogP contribution in [-0.2, 0) is 6.18 Å². The van der Waals surface area contributed by atoms with E-state index in [-0.39, 0.29) is 11.5 Å². The van der Waals surface area contributed by atoms with E-state index in [1.54, 1.807) is 18.2 Å². The van der Waals surface area contributed by atoms with Crippen LogP contribution >= 0.6 is 0 Å². The normalized spacial score (nSPS) is 11.9. The summed E-state index contributed by atoms with van der Waals surface area (Å²) in [5.41, 5.74) is 1.05. The number of oxazole rings is 1. The molecule has 4 rings (SSSR count). The predicted octanol–water partition coefficient (Wildman–Crippen LogP) is 6.46. The molecule has 3 aromatic carbocycles. The molecule has 27 heavy (non-hydrogen) atoms. The second kappa shape index (κ2) is 6.19. The number of fused-ring (bicyclic) bond motifs is 1. The van der Waals surface area contributed by atoms with Crippen LogP contribution < -0.4 is 0 Å². The number of rotatable bonds is 2. The number of nitrogens with zero attached hydrogens (tertiary/aromatic N) is 1. The summed E-state index contributed by atoms with van der Waals surface area (Å²) in [7, 11) is 0. The molecule has 0 N–H and O–H groups in total. The molecule has 0 saturated heterocycles. The van der Waals surface area contributed by atoms with Crippen molar-refractivity contribution in [3.63, 3.8) is 0 Å². The molecule has 0 radical (unpaired) electrons. The van der Waals surface area contributed by atoms with E-state index in [4.69, 9.17) is 4.42 Å². The summed E-state index contributed by atoms with van der Waals surface area (Å²) < 4.78 is 70.8. The summed E-state index contributed by atoms with van der Waals surface area (Å²) in [4.78, 5) is 4.14. The zero-order chi connectivity index (χ0) is 19.2. The summed E-state index contributed by atoms with van der Waals surface area (Å²) in [6, 6.07) is 12.5. The van der Waals surface area contributed by atoms with Crippen LogP contribution in [0.15, 0.2) is 65.1 Å². The Labute approximate surface area is 149 Å². The lowest BCUT2D eigenvalue weighted by Crippen LogP contribution is -2.03. The number of alkyl halides is 3. The van der Waals surface area contributed by atoms with Gasteiger partial charge in [-0.1, -0.05) is 18.2 Å². The van der Waals surface area contributed by atoms with Crippen molar-refractivity contribution < 1.29 is 26.4 Å². The molecule has 4 aromatic rings. The summed E-state index contributed by atoms with van der Waals surface area (Å²) in [5.74, 6) is -1.38. The highest BCUT2D eigenvalue weighted by atomic mass is 19.4.